The van der Waals surface area contributed by atoms with Gasteiger partial charge >= 0.3 is 5.92 Å². The van der Waals surface area contributed by atoms with Gasteiger partial charge < -0.3 is 24.1 Å². The number of nitrogens with zero attached hydrogens (tertiary/aromatic N) is 1. The van der Waals surface area contributed by atoms with Crippen LogP contribution in [-0.4, -0.2) is 49.7 Å². The summed E-state index contributed by atoms with van der Waals surface area (Å²) in [6.45, 7) is 3.19. The monoisotopic (exact) mass is 490 g/mol. The Labute approximate surface area is 200 Å². The number of carbonyl (C=O) groups excluding carboxylic acids is 1. The van der Waals surface area contributed by atoms with E-state index in [0.29, 0.717) is 48.1 Å². The molecular weight excluding hydrogens is 466 g/mol. The van der Waals surface area contributed by atoms with Gasteiger partial charge in [0, 0.05) is 23.0 Å². The van der Waals surface area contributed by atoms with E-state index in [9.17, 15) is 4.79 Å². The summed E-state index contributed by atoms with van der Waals surface area (Å²) in [5.41, 5.74) is 1.12. The number of fused-ring (bicyclic) bond motifs is 2. The lowest BCUT2D eigenvalue weighted by Gasteiger charge is -2.26. The summed E-state index contributed by atoms with van der Waals surface area (Å²) in [4.78, 5) is 15.0. The summed E-state index contributed by atoms with van der Waals surface area (Å²) < 4.78 is 46.8. The van der Waals surface area contributed by atoms with E-state index >= 15 is 8.78 Å². The van der Waals surface area contributed by atoms with Crippen LogP contribution in [0.2, 0.25) is 5.02 Å². The SMILES string of the molecule is O=C(N[C@@H](Cc1ccc2c(c1)OCCO2)CN1CCCC1)C(F)(F)c1cc2cc(Cl)ccc2o1. The normalized spacial score (nSPS) is 17.1. The number of hydrogen-bond acceptors (Lipinski definition) is 5. The van der Waals surface area contributed by atoms with Crippen LogP contribution in [0.25, 0.3) is 11.0 Å². The fraction of sp³-hybridized carbons (Fsp3) is 0.400. The number of halogens is 3. The molecule has 0 aliphatic carbocycles. The van der Waals surface area contributed by atoms with Crippen molar-refractivity contribution in [2.45, 2.75) is 31.2 Å². The van der Waals surface area contributed by atoms with Gasteiger partial charge in [0.05, 0.1) is 0 Å². The number of alkyl halides is 2. The van der Waals surface area contributed by atoms with Crippen LogP contribution in [0.1, 0.15) is 24.2 Å². The van der Waals surface area contributed by atoms with Crippen molar-refractivity contribution in [2.24, 2.45) is 0 Å². The highest BCUT2D eigenvalue weighted by Gasteiger charge is 2.45. The fourth-order valence-corrected chi connectivity index (χ4v) is 4.67. The molecule has 0 radical (unpaired) electrons. The molecule has 1 N–H and O–H groups in total. The van der Waals surface area contributed by atoms with Gasteiger partial charge in [-0.15, -0.1) is 0 Å². The number of furan rings is 1. The number of likely N-dealkylation sites (tertiary alicyclic amines) is 1. The third-order valence-electron chi connectivity index (χ3n) is 6.17. The zero-order valence-electron chi connectivity index (χ0n) is 18.5. The Kier molecular flexibility index (Phi) is 6.36. The molecule has 3 aromatic rings. The summed E-state index contributed by atoms with van der Waals surface area (Å²) in [7, 11) is 0. The second-order valence-corrected chi connectivity index (χ2v) is 9.16. The number of hydrogen-bond donors (Lipinski definition) is 1. The van der Waals surface area contributed by atoms with Gasteiger partial charge in [-0.1, -0.05) is 17.7 Å². The van der Waals surface area contributed by atoms with Gasteiger partial charge in [-0.2, -0.15) is 8.78 Å². The maximum absolute atomic E-state index is 15.1. The van der Waals surface area contributed by atoms with Crippen LogP contribution in [0.15, 0.2) is 46.9 Å². The highest BCUT2D eigenvalue weighted by molar-refractivity contribution is 6.31. The minimum absolute atomic E-state index is 0.247. The van der Waals surface area contributed by atoms with Gasteiger partial charge in [0.1, 0.15) is 18.8 Å². The number of carbonyl (C=O) groups is 1. The second-order valence-electron chi connectivity index (χ2n) is 8.73. The molecule has 0 saturated carbocycles. The molecule has 1 amide bonds. The molecule has 180 valence electrons. The van der Waals surface area contributed by atoms with E-state index in [-0.39, 0.29) is 5.58 Å². The van der Waals surface area contributed by atoms with Crippen molar-refractivity contribution >= 4 is 28.5 Å². The molecule has 1 aromatic heterocycles. The summed E-state index contributed by atoms with van der Waals surface area (Å²) in [6, 6.07) is 10.8. The molecule has 2 aliphatic rings. The Morgan fingerprint density at radius 3 is 2.62 bits per heavy atom. The van der Waals surface area contributed by atoms with E-state index in [4.69, 9.17) is 25.5 Å². The molecule has 0 unspecified atom stereocenters. The lowest BCUT2D eigenvalue weighted by Crippen LogP contribution is -2.49. The number of rotatable bonds is 7. The highest BCUT2D eigenvalue weighted by Crippen LogP contribution is 2.35. The van der Waals surface area contributed by atoms with Gasteiger partial charge in [0.25, 0.3) is 5.91 Å². The van der Waals surface area contributed by atoms with Gasteiger partial charge in [0.15, 0.2) is 17.3 Å². The van der Waals surface area contributed by atoms with Crippen LogP contribution in [0.5, 0.6) is 11.5 Å². The fourth-order valence-electron chi connectivity index (χ4n) is 4.49. The van der Waals surface area contributed by atoms with Crippen molar-refractivity contribution in [1.29, 1.82) is 0 Å². The zero-order valence-corrected chi connectivity index (χ0v) is 19.2. The molecule has 1 saturated heterocycles. The molecule has 6 nitrogen and oxygen atoms in total. The first-order valence-corrected chi connectivity index (χ1v) is 11.8. The number of ether oxygens (including phenoxy) is 2. The van der Waals surface area contributed by atoms with Crippen LogP contribution >= 0.6 is 11.6 Å². The molecule has 0 bridgehead atoms. The van der Waals surface area contributed by atoms with E-state index in [0.717, 1.165) is 37.6 Å². The van der Waals surface area contributed by atoms with Gasteiger partial charge in [-0.25, -0.2) is 0 Å². The van der Waals surface area contributed by atoms with Crippen molar-refractivity contribution in [3.63, 3.8) is 0 Å². The Hall–Kier alpha value is -2.84. The Morgan fingerprint density at radius 1 is 1.06 bits per heavy atom. The van der Waals surface area contributed by atoms with Crippen molar-refractivity contribution in [3.05, 3.63) is 58.8 Å². The summed E-state index contributed by atoms with van der Waals surface area (Å²) in [5, 5.41) is 3.40. The number of benzene rings is 2. The third kappa shape index (κ3) is 4.83. The molecule has 9 heteroatoms. The molecule has 2 aliphatic heterocycles. The predicted octanol–water partition coefficient (Wildman–Crippen LogP) is 4.77. The number of nitrogens with one attached hydrogen (secondary N) is 1. The molecular formula is C25H25ClF2N2O4. The smallest absolute Gasteiger partial charge is 0.380 e. The summed E-state index contributed by atoms with van der Waals surface area (Å²) >= 11 is 5.95. The van der Waals surface area contributed by atoms with Crippen LogP contribution < -0.4 is 14.8 Å². The minimum Gasteiger partial charge on any atom is -0.486 e. The molecule has 2 aromatic carbocycles. The van der Waals surface area contributed by atoms with Crippen LogP contribution in [-0.2, 0) is 17.1 Å². The van der Waals surface area contributed by atoms with E-state index < -0.39 is 23.6 Å². The van der Waals surface area contributed by atoms with Crippen molar-refractivity contribution in [3.8, 4) is 11.5 Å². The molecule has 34 heavy (non-hydrogen) atoms. The van der Waals surface area contributed by atoms with E-state index in [2.05, 4.69) is 10.2 Å². The van der Waals surface area contributed by atoms with Crippen molar-refractivity contribution in [1.82, 2.24) is 10.2 Å². The first-order valence-electron chi connectivity index (χ1n) is 11.4. The number of amides is 1. The quantitative estimate of drug-likeness (QED) is 0.517. The molecule has 0 spiro atoms. The van der Waals surface area contributed by atoms with Gasteiger partial charge in [-0.05, 0) is 74.3 Å². The van der Waals surface area contributed by atoms with E-state index in [1.54, 1.807) is 6.07 Å². The van der Waals surface area contributed by atoms with E-state index in [1.165, 1.54) is 12.1 Å². The highest BCUT2D eigenvalue weighted by atomic mass is 35.5. The molecule has 3 heterocycles. The predicted molar refractivity (Wildman–Crippen MR) is 124 cm³/mol. The summed E-state index contributed by atoms with van der Waals surface area (Å²) in [6.07, 6.45) is 2.50. The first-order chi connectivity index (χ1) is 16.4. The molecule has 1 fully saturated rings. The van der Waals surface area contributed by atoms with E-state index in [1.807, 2.05) is 18.2 Å². The zero-order chi connectivity index (χ0) is 23.7. The third-order valence-corrected chi connectivity index (χ3v) is 6.41. The van der Waals surface area contributed by atoms with Gasteiger partial charge in [-0.3, -0.25) is 4.79 Å². The molecule has 1 atom stereocenters. The first kappa shape index (κ1) is 22.9. The maximum Gasteiger partial charge on any atom is 0.380 e. The van der Waals surface area contributed by atoms with Crippen molar-refractivity contribution in [2.75, 3.05) is 32.8 Å². The minimum atomic E-state index is -3.83. The lowest BCUT2D eigenvalue weighted by atomic mass is 10.0. The standard InChI is InChI=1S/C25H25ClF2N2O4/c26-18-4-6-20-17(13-18)14-23(34-20)25(27,28)24(31)29-19(15-30-7-1-2-8-30)11-16-3-5-21-22(12-16)33-10-9-32-21/h3-6,12-14,19H,1-2,7-11,15H2,(H,29,31)/t19-/m0/s1. The summed E-state index contributed by atoms with van der Waals surface area (Å²) in [5.74, 6) is -4.64. The van der Waals surface area contributed by atoms with Crippen molar-refractivity contribution < 1.29 is 27.5 Å². The lowest BCUT2D eigenvalue weighted by molar-refractivity contribution is -0.150. The largest absolute Gasteiger partial charge is 0.486 e. The van der Waals surface area contributed by atoms with Crippen LogP contribution in [0.3, 0.4) is 0 Å². The average molecular weight is 491 g/mol. The molecule has 5 rings (SSSR count). The average Bonchev–Trinajstić information content (AvgIpc) is 3.48. The maximum atomic E-state index is 15.1. The van der Waals surface area contributed by atoms with Crippen LogP contribution in [0, 0.1) is 0 Å². The topological polar surface area (TPSA) is 63.9 Å². The van der Waals surface area contributed by atoms with Crippen LogP contribution in [0.4, 0.5) is 8.78 Å². The Bertz CT molecular complexity index is 1190. The Morgan fingerprint density at radius 2 is 1.82 bits per heavy atom. The Balaban J connectivity index is 1.35. The van der Waals surface area contributed by atoms with Gasteiger partial charge in [0.2, 0.25) is 0 Å². The second kappa shape index (κ2) is 9.43.